The fourth-order valence-corrected chi connectivity index (χ4v) is 3.63. The monoisotopic (exact) mass is 425 g/mol. The van der Waals surface area contributed by atoms with Crippen molar-refractivity contribution in [3.63, 3.8) is 0 Å². The van der Waals surface area contributed by atoms with E-state index in [-0.39, 0.29) is 18.7 Å². The van der Waals surface area contributed by atoms with Crippen LogP contribution in [0, 0.1) is 0 Å². The molecule has 5 rings (SSSR count). The normalized spacial score (nSPS) is 10.7. The molecule has 3 N–H and O–H groups in total. The molecule has 0 atom stereocenters. The number of hydrogen-bond acceptors (Lipinski definition) is 3. The van der Waals surface area contributed by atoms with Crippen LogP contribution < -0.4 is 5.43 Å². The zero-order valence-corrected chi connectivity index (χ0v) is 17.4. The van der Waals surface area contributed by atoms with E-state index in [1.54, 1.807) is 18.3 Å². The molecule has 0 unspecified atom stereocenters. The molecule has 162 valence electrons. The largest absolute Gasteiger partial charge is 0.507 e. The van der Waals surface area contributed by atoms with Crippen molar-refractivity contribution in [2.24, 2.45) is 5.10 Å². The Morgan fingerprint density at radius 3 is 2.41 bits per heavy atom. The van der Waals surface area contributed by atoms with Crippen molar-refractivity contribution in [2.75, 3.05) is 0 Å². The van der Waals surface area contributed by atoms with E-state index >= 15 is 0 Å². The molecular formula is C27H27N3O2. The number of fused-ring (bicyclic) bond motifs is 5. The molecule has 0 spiro atoms. The molecule has 0 aliphatic heterocycles. The molecule has 0 saturated carbocycles. The Hall–Kier alpha value is -4.12. The Morgan fingerprint density at radius 1 is 0.906 bits per heavy atom. The molecule has 4 aromatic carbocycles. The quantitative estimate of drug-likeness (QED) is 0.225. The van der Waals surface area contributed by atoms with Crippen LogP contribution in [0.3, 0.4) is 0 Å². The minimum Gasteiger partial charge on any atom is -0.507 e. The Labute approximate surface area is 187 Å². The molecule has 1 amide bonds. The summed E-state index contributed by atoms with van der Waals surface area (Å²) in [5.74, 6) is -0.551. The summed E-state index contributed by atoms with van der Waals surface area (Å²) >= 11 is 0. The summed E-state index contributed by atoms with van der Waals surface area (Å²) in [5.41, 5.74) is 5.50. The number of carbonyl (C=O) groups excluding carboxylic acids is 1. The van der Waals surface area contributed by atoms with Crippen molar-refractivity contribution >= 4 is 44.7 Å². The van der Waals surface area contributed by atoms with Crippen LogP contribution in [0.25, 0.3) is 32.6 Å². The van der Waals surface area contributed by atoms with Crippen molar-refractivity contribution < 1.29 is 9.90 Å². The lowest BCUT2D eigenvalue weighted by molar-refractivity contribution is 0.0952. The Kier molecular flexibility index (Phi) is 6.90. The number of carbonyl (C=O) groups is 1. The van der Waals surface area contributed by atoms with E-state index in [2.05, 4.69) is 21.6 Å². The molecule has 0 radical (unpaired) electrons. The average molecular weight is 426 g/mol. The summed E-state index contributed by atoms with van der Waals surface area (Å²) in [6.07, 6.45) is 1.56. The number of aromatic amines is 1. The van der Waals surface area contributed by atoms with Gasteiger partial charge in [0, 0.05) is 21.7 Å². The first-order chi connectivity index (χ1) is 15.2. The van der Waals surface area contributed by atoms with Crippen molar-refractivity contribution in [3.05, 3.63) is 90.0 Å². The van der Waals surface area contributed by atoms with Crippen LogP contribution >= 0.6 is 0 Å². The van der Waals surface area contributed by atoms with Crippen LogP contribution in [0.1, 0.15) is 37.2 Å². The van der Waals surface area contributed by atoms with Gasteiger partial charge in [0.05, 0.1) is 17.3 Å². The number of benzene rings is 4. The standard InChI is InChI=1S/C24H17N3O2.C2H6.CH4/c28-22-13-19-16(10-11-18-17-8-4-5-9-21(17)26-23(18)19)12-20(22)24(29)27-25-14-15-6-2-1-3-7-15;1-2;/h1-14,26,28H,(H,27,29);1-2H3;1H4/b25-14-;;. The van der Waals surface area contributed by atoms with E-state index < -0.39 is 5.91 Å². The first-order valence-corrected chi connectivity index (χ1v) is 10.3. The number of nitrogens with one attached hydrogen (secondary N) is 2. The highest BCUT2D eigenvalue weighted by Gasteiger charge is 2.14. The zero-order chi connectivity index (χ0) is 21.8. The summed E-state index contributed by atoms with van der Waals surface area (Å²) < 4.78 is 0. The van der Waals surface area contributed by atoms with Gasteiger partial charge < -0.3 is 10.1 Å². The van der Waals surface area contributed by atoms with Gasteiger partial charge >= 0.3 is 0 Å². The first-order valence-electron chi connectivity index (χ1n) is 10.3. The maximum atomic E-state index is 12.5. The summed E-state index contributed by atoms with van der Waals surface area (Å²) in [6.45, 7) is 4.00. The fourth-order valence-electron chi connectivity index (χ4n) is 3.63. The second-order valence-corrected chi connectivity index (χ2v) is 6.86. The summed E-state index contributed by atoms with van der Waals surface area (Å²) in [4.78, 5) is 15.9. The highest BCUT2D eigenvalue weighted by molar-refractivity contribution is 6.18. The molecule has 1 heterocycles. The molecule has 0 aliphatic carbocycles. The number of hydrazone groups is 1. The third-order valence-corrected chi connectivity index (χ3v) is 5.04. The molecular weight excluding hydrogens is 398 g/mol. The van der Waals surface area contributed by atoms with Gasteiger partial charge in [-0.25, -0.2) is 5.43 Å². The topological polar surface area (TPSA) is 77.5 Å². The SMILES string of the molecule is C.CC.O=C(N/N=C\c1ccccc1)c1cc2ccc3c4ccccc4[nH]c3c2cc1O. The van der Waals surface area contributed by atoms with E-state index in [0.717, 1.165) is 38.1 Å². The molecule has 0 bridgehead atoms. The third kappa shape index (κ3) is 4.18. The van der Waals surface area contributed by atoms with Gasteiger partial charge in [-0.3, -0.25) is 4.79 Å². The molecule has 5 aromatic rings. The zero-order valence-electron chi connectivity index (χ0n) is 17.4. The van der Waals surface area contributed by atoms with Gasteiger partial charge in [0.15, 0.2) is 0 Å². The predicted octanol–water partition coefficient (Wildman–Crippen LogP) is 6.61. The fraction of sp³-hybridized carbons (Fsp3) is 0.111. The maximum Gasteiger partial charge on any atom is 0.275 e. The average Bonchev–Trinajstić information content (AvgIpc) is 3.20. The Balaban J connectivity index is 0.000000938. The maximum absolute atomic E-state index is 12.5. The van der Waals surface area contributed by atoms with Gasteiger partial charge in [0.1, 0.15) is 5.75 Å². The summed E-state index contributed by atoms with van der Waals surface area (Å²) in [5, 5.41) is 18.4. The van der Waals surface area contributed by atoms with Gasteiger partial charge in [-0.15, -0.1) is 0 Å². The lowest BCUT2D eigenvalue weighted by Crippen LogP contribution is -2.17. The Bertz CT molecular complexity index is 1400. The lowest BCUT2D eigenvalue weighted by Gasteiger charge is -2.07. The number of hydrogen-bond donors (Lipinski definition) is 3. The molecule has 5 nitrogen and oxygen atoms in total. The predicted molar refractivity (Wildman–Crippen MR) is 135 cm³/mol. The van der Waals surface area contributed by atoms with Gasteiger partial charge in [-0.05, 0) is 29.1 Å². The van der Waals surface area contributed by atoms with Crippen molar-refractivity contribution in [2.45, 2.75) is 21.3 Å². The lowest BCUT2D eigenvalue weighted by atomic mass is 10.0. The second kappa shape index (κ2) is 9.79. The number of H-pyrrole nitrogens is 1. The minimum absolute atomic E-state index is 0. The molecule has 0 saturated heterocycles. The molecule has 5 heteroatoms. The summed E-state index contributed by atoms with van der Waals surface area (Å²) in [7, 11) is 0. The number of aromatic hydroxyl groups is 1. The highest BCUT2D eigenvalue weighted by atomic mass is 16.3. The van der Waals surface area contributed by atoms with Crippen molar-refractivity contribution in [3.8, 4) is 5.75 Å². The number of phenols is 1. The van der Waals surface area contributed by atoms with Gasteiger partial charge in [-0.1, -0.05) is 81.9 Å². The van der Waals surface area contributed by atoms with Crippen LogP contribution in [0.4, 0.5) is 0 Å². The number of nitrogens with zero attached hydrogens (tertiary/aromatic N) is 1. The third-order valence-electron chi connectivity index (χ3n) is 5.04. The van der Waals surface area contributed by atoms with E-state index in [9.17, 15) is 9.90 Å². The van der Waals surface area contributed by atoms with E-state index in [4.69, 9.17) is 0 Å². The summed E-state index contributed by atoms with van der Waals surface area (Å²) in [6, 6.07) is 24.8. The number of rotatable bonds is 3. The smallest absolute Gasteiger partial charge is 0.275 e. The first kappa shape index (κ1) is 22.6. The van der Waals surface area contributed by atoms with Crippen LogP contribution in [-0.2, 0) is 0 Å². The molecule has 32 heavy (non-hydrogen) atoms. The second-order valence-electron chi connectivity index (χ2n) is 6.86. The van der Waals surface area contributed by atoms with Gasteiger partial charge in [0.2, 0.25) is 0 Å². The molecule has 1 aromatic heterocycles. The van der Waals surface area contributed by atoms with Gasteiger partial charge in [-0.2, -0.15) is 5.10 Å². The Morgan fingerprint density at radius 2 is 1.62 bits per heavy atom. The number of phenolic OH excluding ortho intramolecular Hbond substituents is 1. The minimum atomic E-state index is -0.465. The van der Waals surface area contributed by atoms with E-state index in [0.29, 0.717) is 0 Å². The highest BCUT2D eigenvalue weighted by Crippen LogP contribution is 2.34. The molecule has 0 aliphatic rings. The van der Waals surface area contributed by atoms with Crippen LogP contribution in [0.15, 0.2) is 84.0 Å². The van der Waals surface area contributed by atoms with E-state index in [1.807, 2.05) is 74.5 Å². The van der Waals surface area contributed by atoms with Crippen LogP contribution in [0.2, 0.25) is 0 Å². The van der Waals surface area contributed by atoms with Gasteiger partial charge in [0.25, 0.3) is 5.91 Å². The number of amides is 1. The molecule has 0 fully saturated rings. The van der Waals surface area contributed by atoms with Crippen molar-refractivity contribution in [1.29, 1.82) is 0 Å². The van der Waals surface area contributed by atoms with Crippen LogP contribution in [0.5, 0.6) is 5.75 Å². The van der Waals surface area contributed by atoms with Crippen molar-refractivity contribution in [1.82, 2.24) is 10.4 Å². The number of para-hydroxylation sites is 1. The van der Waals surface area contributed by atoms with E-state index in [1.165, 1.54) is 0 Å². The number of aromatic nitrogens is 1. The van der Waals surface area contributed by atoms with Crippen LogP contribution in [-0.4, -0.2) is 22.2 Å².